The van der Waals surface area contributed by atoms with Gasteiger partial charge in [0.2, 0.25) is 0 Å². The second-order valence-electron chi connectivity index (χ2n) is 15.1. The van der Waals surface area contributed by atoms with Crippen molar-refractivity contribution in [2.75, 3.05) is 9.80 Å². The lowest BCUT2D eigenvalue weighted by molar-refractivity contribution is 1.27. The van der Waals surface area contributed by atoms with E-state index in [0.717, 1.165) is 45.0 Å². The van der Waals surface area contributed by atoms with E-state index < -0.39 is 0 Å². The van der Waals surface area contributed by atoms with E-state index in [0.29, 0.717) is 0 Å². The second kappa shape index (κ2) is 17.3. The van der Waals surface area contributed by atoms with Crippen LogP contribution in [0.3, 0.4) is 0 Å². The molecule has 0 aliphatic heterocycles. The Labute approximate surface area is 344 Å². The van der Waals surface area contributed by atoms with Crippen molar-refractivity contribution in [1.82, 2.24) is 0 Å². The monoisotopic (exact) mass is 748 g/mol. The molecule has 282 valence electrons. The van der Waals surface area contributed by atoms with Gasteiger partial charge in [-0.25, -0.2) is 0 Å². The first kappa shape index (κ1) is 37.7. The van der Waals surface area contributed by atoms with Gasteiger partial charge in [-0.1, -0.05) is 180 Å². The molecule has 0 unspecified atom stereocenters. The van der Waals surface area contributed by atoms with Gasteiger partial charge in [-0.05, 0) is 110 Å². The minimum atomic E-state index is 1.09. The lowest BCUT2D eigenvalue weighted by Crippen LogP contribution is -2.10. The summed E-state index contributed by atoms with van der Waals surface area (Å²) in [7, 11) is 0. The molecule has 0 radical (unpaired) electrons. The molecule has 0 heterocycles. The maximum atomic E-state index is 2.30. The van der Waals surface area contributed by atoms with Crippen LogP contribution >= 0.6 is 0 Å². The first-order chi connectivity index (χ1) is 28.4. The molecule has 2 nitrogen and oxygen atoms in total. The lowest BCUT2D eigenvalue weighted by Gasteiger charge is -2.24. The smallest absolute Gasteiger partial charge is 0.0456 e. The van der Waals surface area contributed by atoms with Crippen LogP contribution in [0.15, 0.2) is 219 Å². The van der Waals surface area contributed by atoms with Crippen molar-refractivity contribution >= 4 is 33.9 Å². The Kier molecular flexibility index (Phi) is 11.3. The average molecular weight is 749 g/mol. The van der Waals surface area contributed by atoms with E-state index in [2.05, 4.69) is 256 Å². The molecule has 0 saturated carbocycles. The second-order valence-corrected chi connectivity index (χ2v) is 15.1. The zero-order valence-corrected chi connectivity index (χ0v) is 33.7. The number of nitrogens with zero attached hydrogens (tertiary/aromatic N) is 2. The molecule has 0 spiro atoms. The summed E-state index contributed by atoms with van der Waals surface area (Å²) >= 11 is 0. The Bertz CT molecular complexity index is 2430. The van der Waals surface area contributed by atoms with Crippen molar-refractivity contribution in [1.29, 1.82) is 0 Å². The predicted molar refractivity (Wildman–Crippen MR) is 248 cm³/mol. The van der Waals surface area contributed by atoms with Crippen LogP contribution < -0.4 is 9.80 Å². The molecule has 0 aliphatic rings. The summed E-state index contributed by atoms with van der Waals surface area (Å²) in [6.45, 7) is 8.53. The van der Waals surface area contributed by atoms with E-state index in [-0.39, 0.29) is 0 Å². The minimum Gasteiger partial charge on any atom is -0.317 e. The maximum Gasteiger partial charge on any atom is 0.0456 e. The molecule has 0 saturated heterocycles. The van der Waals surface area contributed by atoms with Gasteiger partial charge < -0.3 is 9.80 Å². The van der Waals surface area contributed by atoms with Crippen LogP contribution in [0.4, 0.5) is 22.7 Å². The Morgan fingerprint density at radius 1 is 0.276 bits per heavy atom. The van der Waals surface area contributed by atoms with Gasteiger partial charge in [0.25, 0.3) is 0 Å². The fourth-order valence-corrected chi connectivity index (χ4v) is 7.23. The summed E-state index contributed by atoms with van der Waals surface area (Å²) in [5.74, 6) is 0. The highest BCUT2D eigenvalue weighted by atomic mass is 15.1. The van der Waals surface area contributed by atoms with E-state index in [1.54, 1.807) is 0 Å². The number of benzene rings is 8. The molecule has 58 heavy (non-hydrogen) atoms. The standard InChI is InChI=1S/C56H48N2/c1-41-15-23-49(24-16-41)55(47-11-7-5-8-12-47)39-57(51-31-19-43(3)20-32-51)53-35-27-45(28-36-53)46-29-37-54(38-30-46)58(52-33-21-44(4)22-34-52)40-56(48-13-9-6-10-14-48)50-25-17-42(2)18-26-50/h5-40H,1-4H3/b55-39-,56-40-. The maximum absolute atomic E-state index is 2.30. The summed E-state index contributed by atoms with van der Waals surface area (Å²) in [4.78, 5) is 4.61. The van der Waals surface area contributed by atoms with Gasteiger partial charge in [0, 0.05) is 46.3 Å². The number of hydrogen-bond donors (Lipinski definition) is 0. The molecule has 2 heteroatoms. The van der Waals surface area contributed by atoms with Gasteiger partial charge in [0.1, 0.15) is 0 Å². The van der Waals surface area contributed by atoms with Crippen molar-refractivity contribution in [3.8, 4) is 11.1 Å². The molecular formula is C56H48N2. The van der Waals surface area contributed by atoms with E-state index >= 15 is 0 Å². The van der Waals surface area contributed by atoms with Crippen LogP contribution in [0, 0.1) is 27.7 Å². The van der Waals surface area contributed by atoms with E-state index in [1.165, 1.54) is 44.5 Å². The van der Waals surface area contributed by atoms with E-state index in [4.69, 9.17) is 0 Å². The molecule has 0 aliphatic carbocycles. The molecule has 8 aromatic rings. The summed E-state index contributed by atoms with van der Waals surface area (Å²) in [5.41, 5.74) is 18.7. The van der Waals surface area contributed by atoms with Gasteiger partial charge in [-0.3, -0.25) is 0 Å². The highest BCUT2D eigenvalue weighted by molar-refractivity contribution is 5.86. The molecule has 0 N–H and O–H groups in total. The van der Waals surface area contributed by atoms with Crippen molar-refractivity contribution in [2.24, 2.45) is 0 Å². The van der Waals surface area contributed by atoms with Crippen LogP contribution in [-0.4, -0.2) is 0 Å². The van der Waals surface area contributed by atoms with E-state index in [9.17, 15) is 0 Å². The molecule has 8 rings (SSSR count). The Morgan fingerprint density at radius 3 is 0.810 bits per heavy atom. The zero-order chi connectivity index (χ0) is 39.8. The van der Waals surface area contributed by atoms with Crippen molar-refractivity contribution in [3.05, 3.63) is 263 Å². The van der Waals surface area contributed by atoms with Crippen molar-refractivity contribution in [2.45, 2.75) is 27.7 Å². The molecular weight excluding hydrogens is 701 g/mol. The van der Waals surface area contributed by atoms with E-state index in [1.807, 2.05) is 0 Å². The average Bonchev–Trinajstić information content (AvgIpc) is 3.27. The van der Waals surface area contributed by atoms with Crippen LogP contribution in [-0.2, 0) is 0 Å². The third kappa shape index (κ3) is 8.78. The van der Waals surface area contributed by atoms with Gasteiger partial charge in [-0.15, -0.1) is 0 Å². The quantitative estimate of drug-likeness (QED) is 0.130. The van der Waals surface area contributed by atoms with Crippen molar-refractivity contribution in [3.63, 3.8) is 0 Å². The van der Waals surface area contributed by atoms with Gasteiger partial charge >= 0.3 is 0 Å². The molecule has 0 bridgehead atoms. The van der Waals surface area contributed by atoms with Crippen LogP contribution in [0.1, 0.15) is 44.5 Å². The predicted octanol–water partition coefficient (Wildman–Crippen LogP) is 15.0. The minimum absolute atomic E-state index is 1.09. The Balaban J connectivity index is 1.16. The number of aryl methyl sites for hydroxylation is 4. The summed E-state index contributed by atoms with van der Waals surface area (Å²) < 4.78 is 0. The third-order valence-corrected chi connectivity index (χ3v) is 10.7. The third-order valence-electron chi connectivity index (χ3n) is 10.7. The van der Waals surface area contributed by atoms with Crippen molar-refractivity contribution < 1.29 is 0 Å². The highest BCUT2D eigenvalue weighted by Crippen LogP contribution is 2.36. The molecule has 0 fully saturated rings. The largest absolute Gasteiger partial charge is 0.317 e. The topological polar surface area (TPSA) is 6.48 Å². The number of rotatable bonds is 11. The summed E-state index contributed by atoms with van der Waals surface area (Å²) in [6.07, 6.45) is 4.56. The zero-order valence-electron chi connectivity index (χ0n) is 33.7. The van der Waals surface area contributed by atoms with Crippen LogP contribution in [0.2, 0.25) is 0 Å². The lowest BCUT2D eigenvalue weighted by atomic mass is 9.97. The number of hydrogen-bond acceptors (Lipinski definition) is 2. The van der Waals surface area contributed by atoms with Gasteiger partial charge in [-0.2, -0.15) is 0 Å². The SMILES string of the molecule is Cc1ccc(/C(=C\N(c2ccc(C)cc2)c2ccc(-c3ccc(N(/C=C(/c4ccccc4)c4ccc(C)cc4)c4ccc(C)cc4)cc3)cc2)c2ccccc2)cc1. The molecule has 8 aromatic carbocycles. The molecule has 0 atom stereocenters. The first-order valence-electron chi connectivity index (χ1n) is 20.0. The normalized spacial score (nSPS) is 11.7. The first-order valence-corrected chi connectivity index (χ1v) is 20.0. The van der Waals surface area contributed by atoms with Gasteiger partial charge in [0.05, 0.1) is 0 Å². The van der Waals surface area contributed by atoms with Gasteiger partial charge in [0.15, 0.2) is 0 Å². The highest BCUT2D eigenvalue weighted by Gasteiger charge is 2.15. The van der Waals surface area contributed by atoms with Crippen LogP contribution in [0.25, 0.3) is 22.3 Å². The van der Waals surface area contributed by atoms with Crippen LogP contribution in [0.5, 0.6) is 0 Å². The fraction of sp³-hybridized carbons (Fsp3) is 0.0714. The summed E-state index contributed by atoms with van der Waals surface area (Å²) in [5, 5.41) is 0. The Morgan fingerprint density at radius 2 is 0.517 bits per heavy atom. The molecule has 0 amide bonds. The number of anilines is 4. The molecule has 0 aromatic heterocycles. The summed E-state index contributed by atoms with van der Waals surface area (Å²) in [6, 6.07) is 74.3. The fourth-order valence-electron chi connectivity index (χ4n) is 7.23. The Hall–Kier alpha value is -7.16.